The molecule has 1 aromatic carbocycles. The summed E-state index contributed by atoms with van der Waals surface area (Å²) in [5.41, 5.74) is 1.02. The van der Waals surface area contributed by atoms with Crippen molar-refractivity contribution in [3.05, 3.63) is 54.6 Å². The van der Waals surface area contributed by atoms with Gasteiger partial charge in [-0.05, 0) is 12.1 Å². The van der Waals surface area contributed by atoms with Gasteiger partial charge in [0.2, 0.25) is 0 Å². The molecule has 0 aliphatic rings. The first-order valence-electron chi connectivity index (χ1n) is 3.57. The predicted octanol–water partition coefficient (Wildman–Crippen LogP) is 2.57. The van der Waals surface area contributed by atoms with E-state index in [2.05, 4.69) is 0 Å². The quantitative estimate of drug-likeness (QED) is 0.426. The number of rotatable bonds is 2. The van der Waals surface area contributed by atoms with Gasteiger partial charge in [-0.15, -0.1) is 0 Å². The Labute approximate surface area is 62.9 Å². The first kappa shape index (κ1) is 5.48. The fourth-order valence-electron chi connectivity index (χ4n) is 0.702. The minimum absolute atomic E-state index is 0.172. The van der Waals surface area contributed by atoms with Crippen LogP contribution in [0.5, 0.6) is 0 Å². The van der Waals surface area contributed by atoms with Gasteiger partial charge >= 0.3 is 0 Å². The third-order valence-corrected chi connectivity index (χ3v) is 1.16. The molecule has 0 aliphatic carbocycles. The zero-order valence-corrected chi connectivity index (χ0v) is 5.54. The topological polar surface area (TPSA) is 0 Å². The molecule has 0 saturated carbocycles. The van der Waals surface area contributed by atoms with Gasteiger partial charge in [-0.25, -0.2) is 0 Å². The highest BCUT2D eigenvalue weighted by molar-refractivity contribution is 5.50. The molecule has 0 N–H and O–H groups in total. The van der Waals surface area contributed by atoms with E-state index in [1.54, 1.807) is 6.08 Å². The molecule has 1 rings (SSSR count). The maximum Gasteiger partial charge on any atom is 0.0629 e. The number of hydrogen-bond acceptors (Lipinski definition) is 0. The summed E-state index contributed by atoms with van der Waals surface area (Å²) < 4.78 is 6.82. The minimum Gasteiger partial charge on any atom is -0.0622 e. The van der Waals surface area contributed by atoms with E-state index in [9.17, 15) is 0 Å². The molecule has 0 atom stereocenters. The van der Waals surface area contributed by atoms with Crippen LogP contribution in [0.3, 0.4) is 0 Å². The van der Waals surface area contributed by atoms with Crippen LogP contribution in [0.1, 0.15) is 6.93 Å². The van der Waals surface area contributed by atoms with Crippen molar-refractivity contribution >= 4 is 6.08 Å². The average Bonchev–Trinajstić information content (AvgIpc) is 2.03. The molecule has 0 aromatic heterocycles. The van der Waals surface area contributed by atoms with E-state index in [1.165, 1.54) is 6.08 Å². The standard InChI is InChI=1S/C10H8/c1-2-3-7-10-8-5-4-6-9-10/h2-9H/b7-3+/i1+1,2D. The Bertz CT molecular complexity index is 259. The Hall–Kier alpha value is -1.30. The first-order chi connectivity index (χ1) is 5.29. The zero-order chi connectivity index (χ0) is 8.10. The summed E-state index contributed by atoms with van der Waals surface area (Å²) in [6.07, 6.45) is 3.20. The molecule has 0 spiro atoms. The van der Waals surface area contributed by atoms with E-state index in [4.69, 9.17) is 7.95 Å². The Morgan fingerprint density at radius 2 is 2.00 bits per heavy atom. The minimum atomic E-state index is -0.172. The average molecular weight is 130 g/mol. The van der Waals surface area contributed by atoms with Crippen LogP contribution in [-0.2, 0) is 0 Å². The second-order valence-electron chi connectivity index (χ2n) is 1.89. The smallest absolute Gasteiger partial charge is 0.0622 e. The summed E-state index contributed by atoms with van der Waals surface area (Å²) in [7, 11) is 0. The third-order valence-electron chi connectivity index (χ3n) is 1.16. The lowest BCUT2D eigenvalue weighted by atomic mass is 10.2. The van der Waals surface area contributed by atoms with Crippen LogP contribution in [0.4, 0.5) is 0 Å². The zero-order valence-electron chi connectivity index (χ0n) is 6.54. The van der Waals surface area contributed by atoms with Gasteiger partial charge in [0.05, 0.1) is 1.37 Å². The summed E-state index contributed by atoms with van der Waals surface area (Å²) in [5, 5.41) is 0. The van der Waals surface area contributed by atoms with Gasteiger partial charge in [-0.1, -0.05) is 48.5 Å². The molecule has 0 aliphatic heterocycles. The molecule has 1 aromatic rings. The van der Waals surface area contributed by atoms with Crippen LogP contribution in [0, 0.1) is 6.58 Å². The van der Waals surface area contributed by atoms with Crippen LogP contribution < -0.4 is 0 Å². The maximum atomic E-state index is 6.82. The Morgan fingerprint density at radius 3 is 2.60 bits per heavy atom. The molecular formula is C10H8. The van der Waals surface area contributed by atoms with E-state index in [1.807, 2.05) is 30.3 Å². The molecule has 0 saturated heterocycles. The molecule has 0 nitrogen and oxygen atoms in total. The summed E-state index contributed by atoms with van der Waals surface area (Å²) >= 11 is 0. The molecule has 0 heterocycles. The molecule has 0 amide bonds. The molecule has 0 unspecified atom stereocenters. The Kier molecular flexibility index (Phi) is 2.01. The summed E-state index contributed by atoms with van der Waals surface area (Å²) in [6.45, 7) is 6.82. The van der Waals surface area contributed by atoms with Crippen LogP contribution in [0.15, 0.2) is 42.5 Å². The Balaban J connectivity index is 2.72. The summed E-state index contributed by atoms with van der Waals surface area (Å²) in [6, 6.07) is 9.47. The van der Waals surface area contributed by atoms with E-state index >= 15 is 0 Å². The molecular weight excluding hydrogens is 121 g/mol. The van der Waals surface area contributed by atoms with E-state index < -0.39 is 0 Å². The van der Waals surface area contributed by atoms with Crippen molar-refractivity contribution in [1.82, 2.24) is 0 Å². The van der Waals surface area contributed by atoms with Gasteiger partial charge in [-0.3, -0.25) is 0 Å². The number of hydrogen-bond donors (Lipinski definition) is 0. The lowest BCUT2D eigenvalue weighted by molar-refractivity contribution is 1.66. The third kappa shape index (κ3) is 1.90. The van der Waals surface area contributed by atoms with Crippen molar-refractivity contribution in [2.45, 2.75) is 0 Å². The summed E-state index contributed by atoms with van der Waals surface area (Å²) in [4.78, 5) is 0. The van der Waals surface area contributed by atoms with E-state index in [0.29, 0.717) is 0 Å². The largest absolute Gasteiger partial charge is 0.0629 e. The van der Waals surface area contributed by atoms with E-state index in [-0.39, 0.29) is 6.05 Å². The fourth-order valence-corrected chi connectivity index (χ4v) is 0.702. The highest BCUT2D eigenvalue weighted by Crippen LogP contribution is 1.99. The van der Waals surface area contributed by atoms with Gasteiger partial charge in [0, 0.05) is 0 Å². The SMILES string of the molecule is [2H]C(=[13C])/C=C/c1ccccc1. The van der Waals surface area contributed by atoms with Crippen molar-refractivity contribution in [3.63, 3.8) is 0 Å². The molecule has 0 bridgehead atoms. The molecule has 10 heavy (non-hydrogen) atoms. The molecule has 2 radical (unpaired) electrons. The van der Waals surface area contributed by atoms with Gasteiger partial charge < -0.3 is 0 Å². The van der Waals surface area contributed by atoms with Gasteiger partial charge in [0.1, 0.15) is 0 Å². The van der Waals surface area contributed by atoms with Crippen molar-refractivity contribution in [1.29, 1.82) is 0 Å². The van der Waals surface area contributed by atoms with Crippen molar-refractivity contribution < 1.29 is 1.37 Å². The Morgan fingerprint density at radius 1 is 1.30 bits per heavy atom. The van der Waals surface area contributed by atoms with Gasteiger partial charge in [0.15, 0.2) is 0 Å². The lowest BCUT2D eigenvalue weighted by Gasteiger charge is -1.87. The summed E-state index contributed by atoms with van der Waals surface area (Å²) in [5.74, 6) is 0. The molecule has 0 heteroatoms. The lowest BCUT2D eigenvalue weighted by Crippen LogP contribution is -1.65. The van der Waals surface area contributed by atoms with Crippen LogP contribution in [0.25, 0.3) is 6.08 Å². The number of allylic oxidation sites excluding steroid dienone is 2. The van der Waals surface area contributed by atoms with Gasteiger partial charge in [-0.2, -0.15) is 0 Å². The molecule has 0 fully saturated rings. The normalized spacial score (nSPS) is 11.4. The molecule has 48 valence electrons. The number of benzene rings is 1. The van der Waals surface area contributed by atoms with Crippen molar-refractivity contribution in [2.75, 3.05) is 0 Å². The second-order valence-corrected chi connectivity index (χ2v) is 1.89. The maximum absolute atomic E-state index is 6.82. The highest BCUT2D eigenvalue weighted by atomic mass is 13.8. The van der Waals surface area contributed by atoms with Crippen molar-refractivity contribution in [2.24, 2.45) is 0 Å². The van der Waals surface area contributed by atoms with Crippen LogP contribution in [-0.4, -0.2) is 0 Å². The fraction of sp³-hybridized carbons (Fsp3) is 0. The highest BCUT2D eigenvalue weighted by Gasteiger charge is 1.78. The second kappa shape index (κ2) is 3.67. The first-order valence-corrected chi connectivity index (χ1v) is 3.07. The van der Waals surface area contributed by atoms with Crippen LogP contribution in [0.2, 0.25) is 0 Å². The van der Waals surface area contributed by atoms with Crippen LogP contribution >= 0.6 is 0 Å². The van der Waals surface area contributed by atoms with E-state index in [0.717, 1.165) is 5.56 Å². The predicted molar refractivity (Wildman–Crippen MR) is 43.3 cm³/mol. The van der Waals surface area contributed by atoms with Crippen molar-refractivity contribution in [3.8, 4) is 0 Å². The van der Waals surface area contributed by atoms with Gasteiger partial charge in [0.25, 0.3) is 0 Å². The monoisotopic (exact) mass is 130 g/mol.